The van der Waals surface area contributed by atoms with Crippen LogP contribution in [0, 0.1) is 0 Å². The van der Waals surface area contributed by atoms with E-state index in [0.29, 0.717) is 29.3 Å². The third kappa shape index (κ3) is 5.03. The van der Waals surface area contributed by atoms with Gasteiger partial charge in [0.25, 0.3) is 5.91 Å². The summed E-state index contributed by atoms with van der Waals surface area (Å²) >= 11 is 1.63. The summed E-state index contributed by atoms with van der Waals surface area (Å²) in [5.41, 5.74) is 8.75. The minimum absolute atomic E-state index is 0.219. The lowest BCUT2D eigenvalue weighted by Crippen LogP contribution is -2.38. The standard InChI is InChI=1S/C25H25N3O4S/c26-20-6-4-18(24-2-1-13-33-24)14-21(20)27-25(29)23-15-17-3-5-19(16-22(17)32-23)31-12-9-28-7-10-30-11-8-28/h1-6,13-16H,7-12,26H2,(H,27,29). The van der Waals surface area contributed by atoms with Crippen LogP contribution in [0.2, 0.25) is 0 Å². The zero-order chi connectivity index (χ0) is 22.6. The fourth-order valence-electron chi connectivity index (χ4n) is 3.78. The Morgan fingerprint density at radius 3 is 2.82 bits per heavy atom. The molecule has 0 bridgehead atoms. The molecule has 0 spiro atoms. The molecule has 0 aliphatic carbocycles. The van der Waals surface area contributed by atoms with E-state index in [1.165, 1.54) is 0 Å². The lowest BCUT2D eigenvalue weighted by molar-refractivity contribution is 0.0322. The highest BCUT2D eigenvalue weighted by atomic mass is 32.1. The van der Waals surface area contributed by atoms with Gasteiger partial charge in [-0.05, 0) is 47.3 Å². The molecule has 1 amide bonds. The van der Waals surface area contributed by atoms with Crippen molar-refractivity contribution in [3.63, 3.8) is 0 Å². The predicted molar refractivity (Wildman–Crippen MR) is 131 cm³/mol. The molecule has 7 nitrogen and oxygen atoms in total. The maximum atomic E-state index is 12.9. The third-order valence-corrected chi connectivity index (χ3v) is 6.52. The number of morpholine rings is 1. The van der Waals surface area contributed by atoms with Gasteiger partial charge in [-0.1, -0.05) is 12.1 Å². The van der Waals surface area contributed by atoms with Crippen LogP contribution in [-0.2, 0) is 4.74 Å². The summed E-state index contributed by atoms with van der Waals surface area (Å²) in [4.78, 5) is 16.3. The maximum Gasteiger partial charge on any atom is 0.291 e. The lowest BCUT2D eigenvalue weighted by Gasteiger charge is -2.26. The van der Waals surface area contributed by atoms with Crippen molar-refractivity contribution in [2.45, 2.75) is 0 Å². The Morgan fingerprint density at radius 2 is 2.00 bits per heavy atom. The molecule has 5 rings (SSSR count). The van der Waals surface area contributed by atoms with Crippen LogP contribution < -0.4 is 15.8 Å². The van der Waals surface area contributed by atoms with Crippen LogP contribution in [0.1, 0.15) is 10.6 Å². The molecule has 1 aliphatic rings. The van der Waals surface area contributed by atoms with Gasteiger partial charge in [0.05, 0.1) is 24.6 Å². The normalized spacial score (nSPS) is 14.4. The second-order valence-electron chi connectivity index (χ2n) is 7.85. The third-order valence-electron chi connectivity index (χ3n) is 5.60. The number of furan rings is 1. The molecule has 170 valence electrons. The summed E-state index contributed by atoms with van der Waals surface area (Å²) in [6, 6.07) is 17.0. The van der Waals surface area contributed by atoms with E-state index in [0.717, 1.165) is 48.7 Å². The van der Waals surface area contributed by atoms with Gasteiger partial charge in [-0.15, -0.1) is 11.3 Å². The molecule has 3 N–H and O–H groups in total. The van der Waals surface area contributed by atoms with Crippen molar-refractivity contribution in [3.8, 4) is 16.2 Å². The highest BCUT2D eigenvalue weighted by Crippen LogP contribution is 2.31. The van der Waals surface area contributed by atoms with Gasteiger partial charge in [-0.25, -0.2) is 0 Å². The van der Waals surface area contributed by atoms with Gasteiger partial charge in [-0.2, -0.15) is 0 Å². The molecule has 4 aromatic rings. The van der Waals surface area contributed by atoms with Gasteiger partial charge in [0, 0.05) is 36.0 Å². The van der Waals surface area contributed by atoms with E-state index in [1.807, 2.05) is 47.8 Å². The number of nitrogens with one attached hydrogen (secondary N) is 1. The van der Waals surface area contributed by atoms with E-state index in [2.05, 4.69) is 10.2 Å². The van der Waals surface area contributed by atoms with Crippen LogP contribution in [0.25, 0.3) is 21.4 Å². The van der Waals surface area contributed by atoms with Crippen molar-refractivity contribution in [2.75, 3.05) is 50.5 Å². The number of fused-ring (bicyclic) bond motifs is 1. The number of amides is 1. The first-order chi connectivity index (χ1) is 16.2. The smallest absolute Gasteiger partial charge is 0.291 e. The van der Waals surface area contributed by atoms with E-state index in [9.17, 15) is 4.79 Å². The number of carbonyl (C=O) groups is 1. The molecule has 2 aromatic carbocycles. The second kappa shape index (κ2) is 9.66. The van der Waals surface area contributed by atoms with Gasteiger partial charge in [0.2, 0.25) is 0 Å². The van der Waals surface area contributed by atoms with Gasteiger partial charge in [-0.3, -0.25) is 9.69 Å². The van der Waals surface area contributed by atoms with Crippen molar-refractivity contribution in [3.05, 3.63) is 65.7 Å². The van der Waals surface area contributed by atoms with Crippen LogP contribution in [0.15, 0.2) is 64.4 Å². The van der Waals surface area contributed by atoms with Crippen molar-refractivity contribution in [2.24, 2.45) is 0 Å². The largest absolute Gasteiger partial charge is 0.492 e. The van der Waals surface area contributed by atoms with Gasteiger partial charge >= 0.3 is 0 Å². The first-order valence-electron chi connectivity index (χ1n) is 10.9. The topological polar surface area (TPSA) is 90.0 Å². The second-order valence-corrected chi connectivity index (χ2v) is 8.79. The van der Waals surface area contributed by atoms with Gasteiger partial charge in [0.1, 0.15) is 17.9 Å². The van der Waals surface area contributed by atoms with Crippen molar-refractivity contribution in [1.82, 2.24) is 4.90 Å². The Bertz CT molecular complexity index is 1250. The van der Waals surface area contributed by atoms with E-state index < -0.39 is 0 Å². The number of benzene rings is 2. The van der Waals surface area contributed by atoms with Crippen LogP contribution in [0.5, 0.6) is 5.75 Å². The number of hydrogen-bond acceptors (Lipinski definition) is 7. The molecule has 8 heteroatoms. The number of nitrogens with two attached hydrogens (primary N) is 1. The SMILES string of the molecule is Nc1ccc(-c2cccs2)cc1NC(=O)c1cc2ccc(OCCN3CCOCC3)cc2o1. The van der Waals surface area contributed by atoms with E-state index >= 15 is 0 Å². The van der Waals surface area contributed by atoms with E-state index in [4.69, 9.17) is 19.6 Å². The Morgan fingerprint density at radius 1 is 1.12 bits per heavy atom. The van der Waals surface area contributed by atoms with E-state index in [1.54, 1.807) is 23.5 Å². The molecular formula is C25H25N3O4S. The van der Waals surface area contributed by atoms with Crippen LogP contribution in [0.4, 0.5) is 11.4 Å². The number of carbonyl (C=O) groups excluding carboxylic acids is 1. The fourth-order valence-corrected chi connectivity index (χ4v) is 4.50. The zero-order valence-electron chi connectivity index (χ0n) is 18.1. The molecule has 3 heterocycles. The van der Waals surface area contributed by atoms with E-state index in [-0.39, 0.29) is 11.7 Å². The molecule has 0 radical (unpaired) electrons. The Hall–Kier alpha value is -3.33. The summed E-state index contributed by atoms with van der Waals surface area (Å²) in [7, 11) is 0. The minimum Gasteiger partial charge on any atom is -0.492 e. The molecular weight excluding hydrogens is 438 g/mol. The monoisotopic (exact) mass is 463 g/mol. The predicted octanol–water partition coefficient (Wildman–Crippen LogP) is 4.71. The quantitative estimate of drug-likeness (QED) is 0.386. The number of rotatable bonds is 7. The average molecular weight is 464 g/mol. The fraction of sp³-hybridized carbons (Fsp3) is 0.240. The Labute approximate surface area is 195 Å². The number of thiophene rings is 1. The molecule has 1 fully saturated rings. The summed E-state index contributed by atoms with van der Waals surface area (Å²) in [5, 5.41) is 5.72. The average Bonchev–Trinajstić information content (AvgIpc) is 3.51. The highest BCUT2D eigenvalue weighted by molar-refractivity contribution is 7.13. The molecule has 1 saturated heterocycles. The van der Waals surface area contributed by atoms with Crippen molar-refractivity contribution in [1.29, 1.82) is 0 Å². The summed E-state index contributed by atoms with van der Waals surface area (Å²) in [6.07, 6.45) is 0. The summed E-state index contributed by atoms with van der Waals surface area (Å²) < 4.78 is 17.1. The summed E-state index contributed by atoms with van der Waals surface area (Å²) in [5.74, 6) is 0.581. The Balaban J connectivity index is 1.26. The Kier molecular flexibility index (Phi) is 6.30. The van der Waals surface area contributed by atoms with Crippen LogP contribution in [0.3, 0.4) is 0 Å². The molecule has 0 saturated carbocycles. The minimum atomic E-state index is -0.351. The molecule has 0 atom stereocenters. The highest BCUT2D eigenvalue weighted by Gasteiger charge is 2.15. The number of ether oxygens (including phenoxy) is 2. The van der Waals surface area contributed by atoms with Gasteiger partial charge < -0.3 is 24.9 Å². The lowest BCUT2D eigenvalue weighted by atomic mass is 10.1. The molecule has 2 aromatic heterocycles. The first kappa shape index (κ1) is 21.5. The van der Waals surface area contributed by atoms with Crippen LogP contribution >= 0.6 is 11.3 Å². The van der Waals surface area contributed by atoms with Crippen molar-refractivity contribution >= 4 is 39.6 Å². The summed E-state index contributed by atoms with van der Waals surface area (Å²) in [6.45, 7) is 4.83. The molecule has 0 unspecified atom stereocenters. The van der Waals surface area contributed by atoms with Crippen molar-refractivity contribution < 1.29 is 18.7 Å². The zero-order valence-corrected chi connectivity index (χ0v) is 18.9. The number of anilines is 2. The molecule has 33 heavy (non-hydrogen) atoms. The number of nitrogens with zero attached hydrogens (tertiary/aromatic N) is 1. The first-order valence-corrected chi connectivity index (χ1v) is 11.7. The number of nitrogen functional groups attached to an aromatic ring is 1. The van der Waals surface area contributed by atoms with Gasteiger partial charge in [0.15, 0.2) is 5.76 Å². The molecule has 1 aliphatic heterocycles. The maximum absolute atomic E-state index is 12.9. The number of hydrogen-bond donors (Lipinski definition) is 2. The van der Waals surface area contributed by atoms with Crippen LogP contribution in [-0.4, -0.2) is 50.3 Å².